The minimum absolute atomic E-state index is 0.0683. The Morgan fingerprint density at radius 3 is 2.76 bits per heavy atom. The third kappa shape index (κ3) is 5.14. The van der Waals surface area contributed by atoms with Gasteiger partial charge in [0.1, 0.15) is 11.9 Å². The SMILES string of the molecule is COc1ccc2nccc([C@H]3OC(=O)CCCCCCCC/C=C/C4CN5CCC4CC35)c2c1. The van der Waals surface area contributed by atoms with E-state index in [1.807, 2.05) is 30.5 Å². The van der Waals surface area contributed by atoms with Crippen LogP contribution in [0.2, 0.25) is 0 Å². The van der Waals surface area contributed by atoms with Crippen molar-refractivity contribution >= 4 is 16.9 Å². The van der Waals surface area contributed by atoms with E-state index in [2.05, 4.69) is 22.0 Å². The summed E-state index contributed by atoms with van der Waals surface area (Å²) in [5.74, 6) is 2.01. The van der Waals surface area contributed by atoms with Crippen molar-refractivity contribution in [1.82, 2.24) is 9.88 Å². The number of esters is 1. The summed E-state index contributed by atoms with van der Waals surface area (Å²) in [6.07, 6.45) is 17.5. The zero-order valence-electron chi connectivity index (χ0n) is 20.5. The minimum atomic E-state index is -0.284. The molecule has 3 fully saturated rings. The van der Waals surface area contributed by atoms with E-state index in [-0.39, 0.29) is 18.1 Å². The predicted molar refractivity (Wildman–Crippen MR) is 135 cm³/mol. The van der Waals surface area contributed by atoms with E-state index in [1.54, 1.807) is 7.11 Å². The summed E-state index contributed by atoms with van der Waals surface area (Å²) in [6.45, 7) is 2.15. The van der Waals surface area contributed by atoms with E-state index in [0.29, 0.717) is 18.3 Å². The summed E-state index contributed by atoms with van der Waals surface area (Å²) in [5.41, 5.74) is 1.97. The van der Waals surface area contributed by atoms with Crippen LogP contribution >= 0.6 is 0 Å². The third-order valence-electron chi connectivity index (χ3n) is 8.13. The summed E-state index contributed by atoms with van der Waals surface area (Å²) in [7, 11) is 1.69. The van der Waals surface area contributed by atoms with Gasteiger partial charge in [-0.2, -0.15) is 0 Å². The van der Waals surface area contributed by atoms with Crippen molar-refractivity contribution in [1.29, 1.82) is 0 Å². The summed E-state index contributed by atoms with van der Waals surface area (Å²) < 4.78 is 11.9. The molecule has 0 saturated carbocycles. The first-order valence-corrected chi connectivity index (χ1v) is 13.3. The largest absolute Gasteiger partial charge is 0.497 e. The number of fused-ring (bicyclic) bond motifs is 13. The molecule has 182 valence electrons. The second-order valence-electron chi connectivity index (χ2n) is 10.3. The fraction of sp³-hybridized carbons (Fsp3) is 0.586. The van der Waals surface area contributed by atoms with E-state index in [4.69, 9.17) is 9.47 Å². The fourth-order valence-electron chi connectivity index (χ4n) is 6.22. The summed E-state index contributed by atoms with van der Waals surface area (Å²) in [4.78, 5) is 20.2. The lowest BCUT2D eigenvalue weighted by molar-refractivity contribution is -0.157. The van der Waals surface area contributed by atoms with Crippen LogP contribution in [0.25, 0.3) is 10.9 Å². The first kappa shape index (κ1) is 23.3. The van der Waals surface area contributed by atoms with E-state index in [9.17, 15) is 4.79 Å². The number of benzene rings is 1. The van der Waals surface area contributed by atoms with E-state index < -0.39 is 0 Å². The van der Waals surface area contributed by atoms with Crippen LogP contribution in [0.15, 0.2) is 42.6 Å². The van der Waals surface area contributed by atoms with E-state index in [0.717, 1.165) is 54.6 Å². The van der Waals surface area contributed by atoms with Crippen LogP contribution in [0.3, 0.4) is 0 Å². The monoisotopic (exact) mass is 462 g/mol. The molecule has 6 heterocycles. The van der Waals surface area contributed by atoms with Gasteiger partial charge in [-0.15, -0.1) is 0 Å². The summed E-state index contributed by atoms with van der Waals surface area (Å²) in [6, 6.07) is 8.22. The Hall–Kier alpha value is -2.40. The highest BCUT2D eigenvalue weighted by atomic mass is 16.5. The number of aromatic nitrogens is 1. The predicted octanol–water partition coefficient (Wildman–Crippen LogP) is 6.23. The molecule has 3 saturated heterocycles. The van der Waals surface area contributed by atoms with Gasteiger partial charge < -0.3 is 9.47 Å². The topological polar surface area (TPSA) is 51.7 Å². The molecule has 5 atom stereocenters. The average molecular weight is 463 g/mol. The molecule has 7 rings (SSSR count). The number of rotatable bonds is 2. The van der Waals surface area contributed by atoms with Crippen molar-refractivity contribution in [2.45, 2.75) is 76.4 Å². The number of ether oxygens (including phenoxy) is 2. The smallest absolute Gasteiger partial charge is 0.306 e. The van der Waals surface area contributed by atoms with Crippen molar-refractivity contribution in [2.24, 2.45) is 11.8 Å². The maximum absolute atomic E-state index is 13.1. The molecule has 5 aliphatic rings. The molecule has 1 aromatic heterocycles. The molecule has 0 amide bonds. The van der Waals surface area contributed by atoms with Crippen LogP contribution in [-0.2, 0) is 9.53 Å². The quantitative estimate of drug-likeness (QED) is 0.391. The van der Waals surface area contributed by atoms with Crippen LogP contribution in [-0.4, -0.2) is 42.1 Å². The van der Waals surface area contributed by atoms with Crippen molar-refractivity contribution in [3.8, 4) is 5.75 Å². The fourth-order valence-corrected chi connectivity index (χ4v) is 6.22. The van der Waals surface area contributed by atoms with Crippen molar-refractivity contribution in [3.05, 3.63) is 48.2 Å². The Balaban J connectivity index is 1.49. The highest BCUT2D eigenvalue weighted by molar-refractivity contribution is 5.84. The van der Waals surface area contributed by atoms with Crippen LogP contribution < -0.4 is 4.74 Å². The number of piperidine rings is 3. The third-order valence-corrected chi connectivity index (χ3v) is 8.13. The number of pyridine rings is 1. The van der Waals surface area contributed by atoms with Crippen LogP contribution in [0.4, 0.5) is 0 Å². The maximum Gasteiger partial charge on any atom is 0.306 e. The maximum atomic E-state index is 13.1. The van der Waals surface area contributed by atoms with Crippen LogP contribution in [0.1, 0.15) is 75.9 Å². The summed E-state index contributed by atoms with van der Waals surface area (Å²) in [5, 5.41) is 1.02. The Kier molecular flexibility index (Phi) is 7.48. The second kappa shape index (κ2) is 10.9. The summed E-state index contributed by atoms with van der Waals surface area (Å²) >= 11 is 0. The molecule has 5 nitrogen and oxygen atoms in total. The molecule has 2 aromatic rings. The Morgan fingerprint density at radius 1 is 1.09 bits per heavy atom. The van der Waals surface area contributed by atoms with Gasteiger partial charge in [-0.3, -0.25) is 14.7 Å². The van der Waals surface area contributed by atoms with Gasteiger partial charge in [0.15, 0.2) is 0 Å². The number of carbonyl (C=O) groups excluding carboxylic acids is 1. The number of hydrogen-bond donors (Lipinski definition) is 0. The Morgan fingerprint density at radius 2 is 1.94 bits per heavy atom. The Bertz CT molecular complexity index is 1020. The molecule has 0 aliphatic carbocycles. The first-order valence-electron chi connectivity index (χ1n) is 13.3. The molecule has 4 bridgehead atoms. The van der Waals surface area contributed by atoms with Gasteiger partial charge in [-0.05, 0) is 74.8 Å². The van der Waals surface area contributed by atoms with Crippen molar-refractivity contribution in [3.63, 3.8) is 0 Å². The lowest BCUT2D eigenvalue weighted by Crippen LogP contribution is -2.55. The Labute approximate surface area is 203 Å². The van der Waals surface area contributed by atoms with Gasteiger partial charge in [-0.25, -0.2) is 0 Å². The number of allylic oxidation sites excluding steroid dienone is 1. The highest BCUT2D eigenvalue weighted by Gasteiger charge is 2.44. The van der Waals surface area contributed by atoms with Gasteiger partial charge in [-0.1, -0.05) is 37.8 Å². The lowest BCUT2D eigenvalue weighted by Gasteiger charge is -2.51. The molecule has 0 radical (unpaired) electrons. The molecule has 0 N–H and O–H groups in total. The molecule has 0 spiro atoms. The zero-order chi connectivity index (χ0) is 23.3. The normalized spacial score (nSPS) is 31.7. The number of hydrogen-bond acceptors (Lipinski definition) is 5. The highest BCUT2D eigenvalue weighted by Crippen LogP contribution is 2.44. The van der Waals surface area contributed by atoms with Crippen molar-refractivity contribution in [2.75, 3.05) is 20.2 Å². The van der Waals surface area contributed by atoms with E-state index in [1.165, 1.54) is 38.5 Å². The molecular weight excluding hydrogens is 424 g/mol. The molecule has 1 aromatic carbocycles. The van der Waals surface area contributed by atoms with E-state index >= 15 is 0 Å². The van der Waals surface area contributed by atoms with Gasteiger partial charge in [0, 0.05) is 30.1 Å². The van der Waals surface area contributed by atoms with Crippen LogP contribution in [0, 0.1) is 11.8 Å². The average Bonchev–Trinajstić information content (AvgIpc) is 2.88. The number of nitrogens with zero attached hydrogens (tertiary/aromatic N) is 2. The van der Waals surface area contributed by atoms with Gasteiger partial charge in [0.05, 0.1) is 18.7 Å². The molecule has 5 aliphatic heterocycles. The standard InChI is InChI=1S/C29H38N2O3/c1-33-23-12-13-26-25(19-23)24(14-16-30-26)29-27-18-21-15-17-31(27)20-22(21)10-8-6-4-2-3-5-7-9-11-28(32)34-29/h8,10,12-14,16,19,21-22,27,29H,2-7,9,11,15,17-18,20H2,1H3/b10-8+/t21?,22?,27?,29-/m1/s1. The lowest BCUT2D eigenvalue weighted by atomic mass is 9.73. The van der Waals surface area contributed by atoms with Gasteiger partial charge in [0.2, 0.25) is 0 Å². The second-order valence-corrected chi connectivity index (χ2v) is 10.3. The number of carbonyl (C=O) groups is 1. The van der Waals surface area contributed by atoms with Crippen molar-refractivity contribution < 1.29 is 14.3 Å². The first-order chi connectivity index (χ1) is 16.7. The van der Waals surface area contributed by atoms with Gasteiger partial charge >= 0.3 is 5.97 Å². The molecule has 5 heteroatoms. The van der Waals surface area contributed by atoms with Gasteiger partial charge in [0.25, 0.3) is 0 Å². The molecule has 34 heavy (non-hydrogen) atoms. The van der Waals surface area contributed by atoms with Crippen LogP contribution in [0.5, 0.6) is 5.75 Å². The minimum Gasteiger partial charge on any atom is -0.497 e. The molecular formula is C29H38N2O3. The number of methoxy groups -OCH3 is 1. The zero-order valence-corrected chi connectivity index (χ0v) is 20.5. The molecule has 4 unspecified atom stereocenters.